The molecule has 0 aliphatic heterocycles. The molecule has 0 radical (unpaired) electrons. The Morgan fingerprint density at radius 1 is 0.963 bits per heavy atom. The first-order chi connectivity index (χ1) is 13.0. The number of carbonyl (C=O) groups excluding carboxylic acids is 1. The van der Waals surface area contributed by atoms with Crippen LogP contribution in [0.2, 0.25) is 5.02 Å². The van der Waals surface area contributed by atoms with Gasteiger partial charge < -0.3 is 9.30 Å². The number of carbonyl (C=O) groups is 1. The van der Waals surface area contributed by atoms with Gasteiger partial charge >= 0.3 is 5.97 Å². The smallest absolute Gasteiger partial charge is 0.331 e. The highest BCUT2D eigenvalue weighted by atomic mass is 79.9. The van der Waals surface area contributed by atoms with Crippen LogP contribution in [0.5, 0.6) is 5.75 Å². The molecule has 4 rings (SSSR count). The minimum atomic E-state index is -0.447. The first-order valence-corrected chi connectivity index (χ1v) is 9.38. The van der Waals surface area contributed by atoms with Gasteiger partial charge in [-0.05, 0) is 58.4 Å². The molecule has 3 aromatic carbocycles. The quantitative estimate of drug-likeness (QED) is 0.250. The third-order valence-electron chi connectivity index (χ3n) is 4.28. The predicted octanol–water partition coefficient (Wildman–Crippen LogP) is 5.18. The Kier molecular flexibility index (Phi) is 4.72. The van der Waals surface area contributed by atoms with E-state index in [-0.39, 0.29) is 12.0 Å². The van der Waals surface area contributed by atoms with Crippen molar-refractivity contribution in [3.8, 4) is 5.75 Å². The second-order valence-electron chi connectivity index (χ2n) is 6.00. The van der Waals surface area contributed by atoms with Crippen LogP contribution in [0, 0.1) is 0 Å². The van der Waals surface area contributed by atoms with Crippen molar-refractivity contribution in [1.82, 2.24) is 4.57 Å². The van der Waals surface area contributed by atoms with Crippen LogP contribution in [0.15, 0.2) is 76.0 Å². The second-order valence-corrected chi connectivity index (χ2v) is 7.29. The molecule has 0 fully saturated rings. The van der Waals surface area contributed by atoms with Gasteiger partial charge in [0.15, 0.2) is 5.43 Å². The van der Waals surface area contributed by atoms with E-state index in [1.165, 1.54) is 0 Å². The summed E-state index contributed by atoms with van der Waals surface area (Å²) in [5.74, 6) is -0.0592. The van der Waals surface area contributed by atoms with E-state index in [4.69, 9.17) is 16.3 Å². The molecule has 4 aromatic rings. The molecule has 1 heterocycles. The molecule has 0 aliphatic rings. The van der Waals surface area contributed by atoms with E-state index in [1.807, 2.05) is 36.4 Å². The minimum absolute atomic E-state index is 0.0314. The summed E-state index contributed by atoms with van der Waals surface area (Å²) in [4.78, 5) is 25.4. The van der Waals surface area contributed by atoms with Gasteiger partial charge in [0, 0.05) is 15.8 Å². The molecule has 0 spiro atoms. The number of nitrogens with zero attached hydrogens (tertiary/aromatic N) is 1. The molecule has 1 aromatic heterocycles. The molecular formula is C21H13BrClNO3. The standard InChI is InChI=1S/C21H13BrClNO3/c22-16-11-13(23)9-10-19(16)27-20(25)12-24-17-7-3-1-5-14(17)21(26)15-6-2-4-8-18(15)24/h1-11H,12H2. The zero-order valence-corrected chi connectivity index (χ0v) is 16.3. The first kappa shape index (κ1) is 17.8. The van der Waals surface area contributed by atoms with Gasteiger partial charge in [-0.25, -0.2) is 4.79 Å². The normalized spacial score (nSPS) is 11.0. The summed E-state index contributed by atoms with van der Waals surface area (Å²) in [6.07, 6.45) is 0. The van der Waals surface area contributed by atoms with Crippen molar-refractivity contribution in [3.63, 3.8) is 0 Å². The van der Waals surface area contributed by atoms with E-state index >= 15 is 0 Å². The van der Waals surface area contributed by atoms with Crippen LogP contribution in [0.4, 0.5) is 0 Å². The lowest BCUT2D eigenvalue weighted by molar-refractivity contribution is -0.134. The monoisotopic (exact) mass is 441 g/mol. The number of para-hydroxylation sites is 2. The number of halogens is 2. The molecule has 0 amide bonds. The number of esters is 1. The highest BCUT2D eigenvalue weighted by molar-refractivity contribution is 9.10. The summed E-state index contributed by atoms with van der Waals surface area (Å²) in [5, 5.41) is 1.67. The first-order valence-electron chi connectivity index (χ1n) is 8.20. The molecule has 4 nitrogen and oxygen atoms in total. The van der Waals surface area contributed by atoms with Crippen molar-refractivity contribution in [2.24, 2.45) is 0 Å². The number of pyridine rings is 1. The fourth-order valence-electron chi connectivity index (χ4n) is 3.09. The molecule has 134 valence electrons. The number of rotatable bonds is 3. The van der Waals surface area contributed by atoms with Crippen molar-refractivity contribution in [2.75, 3.05) is 0 Å². The fourth-order valence-corrected chi connectivity index (χ4v) is 3.85. The minimum Gasteiger partial charge on any atom is -0.424 e. The number of fused-ring (bicyclic) bond motifs is 2. The van der Waals surface area contributed by atoms with Crippen LogP contribution in [-0.4, -0.2) is 10.5 Å². The van der Waals surface area contributed by atoms with E-state index in [9.17, 15) is 9.59 Å². The van der Waals surface area contributed by atoms with Gasteiger partial charge in [-0.1, -0.05) is 35.9 Å². The maximum absolute atomic E-state index is 12.7. The summed E-state index contributed by atoms with van der Waals surface area (Å²) in [6, 6.07) is 19.4. The molecule has 0 atom stereocenters. The van der Waals surface area contributed by atoms with Crippen LogP contribution in [0.25, 0.3) is 21.8 Å². The fraction of sp³-hybridized carbons (Fsp3) is 0.0476. The molecular weight excluding hydrogens is 430 g/mol. The maximum Gasteiger partial charge on any atom is 0.331 e. The Balaban J connectivity index is 1.79. The SMILES string of the molecule is O=C(Cn1c2ccccc2c(=O)c2ccccc21)Oc1ccc(Cl)cc1Br. The molecule has 6 heteroatoms. The van der Waals surface area contributed by atoms with Crippen molar-refractivity contribution >= 4 is 55.3 Å². The van der Waals surface area contributed by atoms with Crippen LogP contribution < -0.4 is 10.2 Å². The molecule has 0 N–H and O–H groups in total. The van der Waals surface area contributed by atoms with Crippen LogP contribution >= 0.6 is 27.5 Å². The van der Waals surface area contributed by atoms with Gasteiger partial charge in [0.25, 0.3) is 0 Å². The summed E-state index contributed by atoms with van der Waals surface area (Å²) in [7, 11) is 0. The maximum atomic E-state index is 12.7. The molecule has 0 bridgehead atoms. The topological polar surface area (TPSA) is 48.3 Å². The van der Waals surface area contributed by atoms with Crippen LogP contribution in [0.1, 0.15) is 0 Å². The Hall–Kier alpha value is -2.63. The highest BCUT2D eigenvalue weighted by Crippen LogP contribution is 2.28. The number of ether oxygens (including phenoxy) is 1. The Bertz CT molecular complexity index is 1190. The van der Waals surface area contributed by atoms with Crippen molar-refractivity contribution in [1.29, 1.82) is 0 Å². The third-order valence-corrected chi connectivity index (χ3v) is 5.14. The summed E-state index contributed by atoms with van der Waals surface area (Å²) in [5.41, 5.74) is 1.33. The predicted molar refractivity (Wildman–Crippen MR) is 111 cm³/mol. The lowest BCUT2D eigenvalue weighted by Gasteiger charge is -2.15. The number of hydrogen-bond donors (Lipinski definition) is 0. The number of hydrogen-bond acceptors (Lipinski definition) is 3. The van der Waals surface area contributed by atoms with Gasteiger partial charge in [-0.3, -0.25) is 4.79 Å². The average Bonchev–Trinajstić information content (AvgIpc) is 2.67. The molecule has 0 aliphatic carbocycles. The lowest BCUT2D eigenvalue weighted by Crippen LogP contribution is -2.20. The van der Waals surface area contributed by atoms with E-state index in [0.717, 1.165) is 0 Å². The van der Waals surface area contributed by atoms with Crippen LogP contribution in [-0.2, 0) is 11.3 Å². The molecule has 27 heavy (non-hydrogen) atoms. The van der Waals surface area contributed by atoms with Crippen molar-refractivity contribution in [2.45, 2.75) is 6.54 Å². The van der Waals surface area contributed by atoms with Gasteiger partial charge in [0.1, 0.15) is 12.3 Å². The lowest BCUT2D eigenvalue weighted by atomic mass is 10.1. The van der Waals surface area contributed by atoms with E-state index < -0.39 is 5.97 Å². The van der Waals surface area contributed by atoms with Crippen molar-refractivity contribution < 1.29 is 9.53 Å². The highest BCUT2D eigenvalue weighted by Gasteiger charge is 2.15. The molecule has 0 unspecified atom stereocenters. The molecule has 0 saturated carbocycles. The zero-order valence-electron chi connectivity index (χ0n) is 14.0. The third kappa shape index (κ3) is 3.36. The van der Waals surface area contributed by atoms with Crippen LogP contribution in [0.3, 0.4) is 0 Å². The Labute approximate surface area is 168 Å². The number of aromatic nitrogens is 1. The Morgan fingerprint density at radius 2 is 1.56 bits per heavy atom. The van der Waals surface area contributed by atoms with E-state index in [1.54, 1.807) is 34.9 Å². The summed E-state index contributed by atoms with van der Waals surface area (Å²) < 4.78 is 7.89. The molecule has 0 saturated heterocycles. The van der Waals surface area contributed by atoms with Gasteiger partial charge in [-0.2, -0.15) is 0 Å². The van der Waals surface area contributed by atoms with E-state index in [0.29, 0.717) is 37.1 Å². The second kappa shape index (κ2) is 7.18. The van der Waals surface area contributed by atoms with Gasteiger partial charge in [0.05, 0.1) is 15.5 Å². The summed E-state index contributed by atoms with van der Waals surface area (Å²) >= 11 is 9.26. The van der Waals surface area contributed by atoms with Crippen molar-refractivity contribution in [3.05, 3.63) is 86.4 Å². The average molecular weight is 443 g/mol. The Morgan fingerprint density at radius 3 is 2.15 bits per heavy atom. The van der Waals surface area contributed by atoms with Gasteiger partial charge in [0.2, 0.25) is 0 Å². The zero-order chi connectivity index (χ0) is 19.0. The number of benzene rings is 3. The summed E-state index contributed by atoms with van der Waals surface area (Å²) in [6.45, 7) is -0.0314. The largest absolute Gasteiger partial charge is 0.424 e. The van der Waals surface area contributed by atoms with Gasteiger partial charge in [-0.15, -0.1) is 0 Å². The van der Waals surface area contributed by atoms with E-state index in [2.05, 4.69) is 15.9 Å².